The van der Waals surface area contributed by atoms with E-state index in [1.54, 1.807) is 0 Å². The number of aromatic nitrogens is 2. The maximum Gasteiger partial charge on any atom is 0.310 e. The lowest BCUT2D eigenvalue weighted by atomic mass is 10.1. The Hall–Kier alpha value is -2.04. The summed E-state index contributed by atoms with van der Waals surface area (Å²) in [6.45, 7) is 1.62. The molecule has 0 amide bonds. The maximum absolute atomic E-state index is 11.6. The zero-order chi connectivity index (χ0) is 13.4. The van der Waals surface area contributed by atoms with Gasteiger partial charge in [0.2, 0.25) is 0 Å². The molecule has 0 spiro atoms. The molecule has 19 heavy (non-hydrogen) atoms. The number of esters is 1. The highest BCUT2D eigenvalue weighted by molar-refractivity contribution is 5.83. The summed E-state index contributed by atoms with van der Waals surface area (Å²) in [5.74, 6) is -0.114. The fourth-order valence-electron chi connectivity index (χ4n) is 2.68. The summed E-state index contributed by atoms with van der Waals surface area (Å²) in [4.78, 5) is 13.8. The van der Waals surface area contributed by atoms with Crippen LogP contribution in [-0.4, -0.2) is 35.9 Å². The van der Waals surface area contributed by atoms with Gasteiger partial charge in [0, 0.05) is 31.2 Å². The van der Waals surface area contributed by atoms with E-state index in [0.717, 1.165) is 36.1 Å². The number of fused-ring (bicyclic) bond motifs is 1. The molecule has 1 atom stereocenters. The number of hydrogen-bond acceptors (Lipinski definition) is 4. The number of rotatable bonds is 2. The number of benzene rings is 1. The van der Waals surface area contributed by atoms with E-state index < -0.39 is 0 Å². The molecule has 0 unspecified atom stereocenters. The molecule has 1 fully saturated rings. The van der Waals surface area contributed by atoms with Gasteiger partial charge in [-0.3, -0.25) is 9.48 Å². The molecular weight excluding hydrogens is 242 g/mol. The van der Waals surface area contributed by atoms with Gasteiger partial charge in [0.15, 0.2) is 0 Å². The second-order valence-electron chi connectivity index (χ2n) is 4.97. The summed E-state index contributed by atoms with van der Waals surface area (Å²) in [6, 6.07) is 6.29. The van der Waals surface area contributed by atoms with Gasteiger partial charge >= 0.3 is 5.97 Å². The van der Waals surface area contributed by atoms with Crippen molar-refractivity contribution in [1.82, 2.24) is 9.78 Å². The summed E-state index contributed by atoms with van der Waals surface area (Å²) >= 11 is 0. The van der Waals surface area contributed by atoms with Crippen LogP contribution in [0.4, 0.5) is 5.69 Å². The van der Waals surface area contributed by atoms with Crippen molar-refractivity contribution in [3.63, 3.8) is 0 Å². The molecule has 0 aliphatic carbocycles. The zero-order valence-electron chi connectivity index (χ0n) is 11.2. The molecule has 100 valence electrons. The maximum atomic E-state index is 11.6. The molecule has 1 aromatic heterocycles. The SMILES string of the molecule is COC(=O)[C@@H]1CCN(c2ccc3cnn(C)c3c2)C1. The lowest BCUT2D eigenvalue weighted by molar-refractivity contribution is -0.144. The molecule has 1 aliphatic rings. The molecule has 1 aliphatic heterocycles. The number of carbonyl (C=O) groups excluding carboxylic acids is 1. The fraction of sp³-hybridized carbons (Fsp3) is 0.429. The highest BCUT2D eigenvalue weighted by Crippen LogP contribution is 2.27. The quantitative estimate of drug-likeness (QED) is 0.768. The normalized spacial score (nSPS) is 19.1. The van der Waals surface area contributed by atoms with Gasteiger partial charge in [-0.2, -0.15) is 5.10 Å². The molecule has 0 N–H and O–H groups in total. The average Bonchev–Trinajstić information content (AvgIpc) is 3.05. The first-order valence-electron chi connectivity index (χ1n) is 6.43. The largest absolute Gasteiger partial charge is 0.469 e. The van der Waals surface area contributed by atoms with Crippen molar-refractivity contribution in [1.29, 1.82) is 0 Å². The summed E-state index contributed by atoms with van der Waals surface area (Å²) in [6.07, 6.45) is 2.72. The number of methoxy groups -OCH3 is 1. The highest BCUT2D eigenvalue weighted by Gasteiger charge is 2.29. The third-order valence-corrected chi connectivity index (χ3v) is 3.82. The molecule has 1 saturated heterocycles. The first-order valence-corrected chi connectivity index (χ1v) is 6.43. The average molecular weight is 259 g/mol. The van der Waals surface area contributed by atoms with Gasteiger partial charge < -0.3 is 9.64 Å². The van der Waals surface area contributed by atoms with Gasteiger partial charge in [-0.05, 0) is 24.6 Å². The standard InChI is InChI=1S/C14H17N3O2/c1-16-13-7-12(4-3-10(13)8-15-16)17-6-5-11(9-17)14(18)19-2/h3-4,7-8,11H,5-6,9H2,1-2H3/t11-/m1/s1. The van der Waals surface area contributed by atoms with Crippen LogP contribution in [0.1, 0.15) is 6.42 Å². The Kier molecular flexibility index (Phi) is 2.89. The second-order valence-corrected chi connectivity index (χ2v) is 4.97. The Bertz CT molecular complexity index is 620. The Morgan fingerprint density at radius 3 is 3.11 bits per heavy atom. The Morgan fingerprint density at radius 2 is 2.32 bits per heavy atom. The van der Waals surface area contributed by atoms with Gasteiger partial charge in [-0.15, -0.1) is 0 Å². The van der Waals surface area contributed by atoms with Crippen LogP contribution in [0.5, 0.6) is 0 Å². The number of aryl methyl sites for hydroxylation is 1. The molecule has 5 heteroatoms. The van der Waals surface area contributed by atoms with Gasteiger partial charge in [-0.1, -0.05) is 0 Å². The van der Waals surface area contributed by atoms with E-state index in [4.69, 9.17) is 4.74 Å². The molecule has 1 aromatic carbocycles. The molecule has 3 rings (SSSR count). The monoisotopic (exact) mass is 259 g/mol. The molecule has 0 saturated carbocycles. The number of ether oxygens (including phenoxy) is 1. The van der Waals surface area contributed by atoms with E-state index in [-0.39, 0.29) is 11.9 Å². The van der Waals surface area contributed by atoms with E-state index in [0.29, 0.717) is 0 Å². The smallest absolute Gasteiger partial charge is 0.310 e. The third kappa shape index (κ3) is 2.05. The minimum absolute atomic E-state index is 0.00719. The van der Waals surface area contributed by atoms with E-state index >= 15 is 0 Å². The molecular formula is C14H17N3O2. The fourth-order valence-corrected chi connectivity index (χ4v) is 2.68. The lowest BCUT2D eigenvalue weighted by Crippen LogP contribution is -2.23. The van der Waals surface area contributed by atoms with Gasteiger partial charge in [0.05, 0.1) is 24.7 Å². The topological polar surface area (TPSA) is 47.4 Å². The predicted octanol–water partition coefficient (Wildman–Crippen LogP) is 1.57. The minimum atomic E-state index is -0.107. The van der Waals surface area contributed by atoms with Crippen LogP contribution in [-0.2, 0) is 16.6 Å². The van der Waals surface area contributed by atoms with E-state index in [2.05, 4.69) is 28.2 Å². The van der Waals surface area contributed by atoms with Crippen LogP contribution in [0.3, 0.4) is 0 Å². The van der Waals surface area contributed by atoms with Crippen molar-refractivity contribution >= 4 is 22.6 Å². The molecule has 0 radical (unpaired) electrons. The number of anilines is 1. The van der Waals surface area contributed by atoms with Gasteiger partial charge in [-0.25, -0.2) is 0 Å². The molecule has 2 aromatic rings. The number of nitrogens with zero attached hydrogens (tertiary/aromatic N) is 3. The van der Waals surface area contributed by atoms with Crippen molar-refractivity contribution in [2.45, 2.75) is 6.42 Å². The number of hydrogen-bond donors (Lipinski definition) is 0. The first kappa shape index (κ1) is 12.0. The summed E-state index contributed by atoms with van der Waals surface area (Å²) < 4.78 is 6.68. The van der Waals surface area contributed by atoms with Crippen LogP contribution in [0.25, 0.3) is 10.9 Å². The van der Waals surface area contributed by atoms with Gasteiger partial charge in [0.25, 0.3) is 0 Å². The van der Waals surface area contributed by atoms with Crippen molar-refractivity contribution in [2.75, 3.05) is 25.1 Å². The number of carbonyl (C=O) groups is 1. The molecule has 0 bridgehead atoms. The Labute approximate surface area is 111 Å². The second kappa shape index (κ2) is 4.57. The predicted molar refractivity (Wildman–Crippen MR) is 73.1 cm³/mol. The highest BCUT2D eigenvalue weighted by atomic mass is 16.5. The van der Waals surface area contributed by atoms with Crippen molar-refractivity contribution < 1.29 is 9.53 Å². The van der Waals surface area contributed by atoms with Crippen LogP contribution >= 0.6 is 0 Å². The van der Waals surface area contributed by atoms with Crippen molar-refractivity contribution in [3.8, 4) is 0 Å². The van der Waals surface area contributed by atoms with Gasteiger partial charge in [0.1, 0.15) is 0 Å². The summed E-state index contributed by atoms with van der Waals surface area (Å²) in [7, 11) is 3.39. The van der Waals surface area contributed by atoms with Crippen LogP contribution in [0.2, 0.25) is 0 Å². The van der Waals surface area contributed by atoms with Crippen LogP contribution in [0, 0.1) is 5.92 Å². The van der Waals surface area contributed by atoms with E-state index in [1.165, 1.54) is 7.11 Å². The zero-order valence-corrected chi connectivity index (χ0v) is 11.2. The van der Waals surface area contributed by atoms with Crippen LogP contribution < -0.4 is 4.90 Å². The van der Waals surface area contributed by atoms with E-state index in [1.807, 2.05) is 17.9 Å². The lowest BCUT2D eigenvalue weighted by Gasteiger charge is -2.18. The molecule has 5 nitrogen and oxygen atoms in total. The van der Waals surface area contributed by atoms with E-state index in [9.17, 15) is 4.79 Å². The molecule has 2 heterocycles. The van der Waals surface area contributed by atoms with Crippen molar-refractivity contribution in [2.24, 2.45) is 13.0 Å². The minimum Gasteiger partial charge on any atom is -0.469 e. The van der Waals surface area contributed by atoms with Crippen LogP contribution in [0.15, 0.2) is 24.4 Å². The van der Waals surface area contributed by atoms with Crippen molar-refractivity contribution in [3.05, 3.63) is 24.4 Å². The Balaban J connectivity index is 1.85. The first-order chi connectivity index (χ1) is 9.19. The summed E-state index contributed by atoms with van der Waals surface area (Å²) in [5, 5.41) is 5.38. The summed E-state index contributed by atoms with van der Waals surface area (Å²) in [5.41, 5.74) is 2.25. The third-order valence-electron chi connectivity index (χ3n) is 3.82. The Morgan fingerprint density at radius 1 is 1.47 bits per heavy atom.